The first kappa shape index (κ1) is 16.1. The van der Waals surface area contributed by atoms with Gasteiger partial charge in [-0.05, 0) is 48.4 Å². The summed E-state index contributed by atoms with van der Waals surface area (Å²) in [7, 11) is 1.58. The molecule has 0 saturated carbocycles. The van der Waals surface area contributed by atoms with Crippen molar-refractivity contribution in [2.24, 2.45) is 0 Å². The zero-order valence-electron chi connectivity index (χ0n) is 14.5. The summed E-state index contributed by atoms with van der Waals surface area (Å²) in [6.07, 6.45) is 2.71. The molecule has 1 aliphatic heterocycles. The lowest BCUT2D eigenvalue weighted by atomic mass is 10.2. The van der Waals surface area contributed by atoms with E-state index in [0.717, 1.165) is 18.8 Å². The van der Waals surface area contributed by atoms with Gasteiger partial charge in [0.05, 0.1) is 19.0 Å². The van der Waals surface area contributed by atoms with E-state index in [1.54, 1.807) is 37.6 Å². The first-order chi connectivity index (χ1) is 12.7. The first-order valence-corrected chi connectivity index (χ1v) is 8.51. The quantitative estimate of drug-likeness (QED) is 0.775. The van der Waals surface area contributed by atoms with Crippen LogP contribution in [0, 0.1) is 0 Å². The second-order valence-electron chi connectivity index (χ2n) is 6.12. The second-order valence-corrected chi connectivity index (χ2v) is 6.12. The van der Waals surface area contributed by atoms with Crippen LogP contribution in [0.15, 0.2) is 66.9 Å². The molecule has 1 aliphatic rings. The molecule has 1 amide bonds. The fourth-order valence-electron chi connectivity index (χ4n) is 3.16. The molecule has 5 heteroatoms. The number of benzene rings is 2. The molecule has 130 valence electrons. The van der Waals surface area contributed by atoms with Crippen LogP contribution in [-0.2, 0) is 6.42 Å². The van der Waals surface area contributed by atoms with Gasteiger partial charge in [-0.1, -0.05) is 24.3 Å². The summed E-state index contributed by atoms with van der Waals surface area (Å²) in [5.41, 5.74) is 3.74. The number of anilines is 3. The minimum Gasteiger partial charge on any atom is -0.497 e. The lowest BCUT2D eigenvalue weighted by molar-refractivity contribution is 0.102. The van der Waals surface area contributed by atoms with E-state index in [-0.39, 0.29) is 5.91 Å². The monoisotopic (exact) mass is 345 g/mol. The predicted octanol–water partition coefficient (Wildman–Crippen LogP) is 4.04. The molecule has 5 nitrogen and oxygen atoms in total. The van der Waals surface area contributed by atoms with Crippen molar-refractivity contribution < 1.29 is 9.53 Å². The molecule has 0 saturated heterocycles. The molecular weight excluding hydrogens is 326 g/mol. The van der Waals surface area contributed by atoms with Gasteiger partial charge in [0.25, 0.3) is 5.91 Å². The number of methoxy groups -OCH3 is 1. The molecule has 0 unspecified atom stereocenters. The highest BCUT2D eigenvalue weighted by Crippen LogP contribution is 2.33. The summed E-state index contributed by atoms with van der Waals surface area (Å²) in [6.45, 7) is 0.919. The van der Waals surface area contributed by atoms with E-state index in [1.807, 2.05) is 18.2 Å². The maximum Gasteiger partial charge on any atom is 0.255 e. The third-order valence-corrected chi connectivity index (χ3v) is 4.50. The molecule has 2 aromatic carbocycles. The molecule has 0 atom stereocenters. The number of hydrogen-bond donors (Lipinski definition) is 1. The Morgan fingerprint density at radius 1 is 1.12 bits per heavy atom. The van der Waals surface area contributed by atoms with Crippen molar-refractivity contribution in [2.75, 3.05) is 23.9 Å². The largest absolute Gasteiger partial charge is 0.497 e. The number of ether oxygens (including phenoxy) is 1. The van der Waals surface area contributed by atoms with E-state index in [9.17, 15) is 4.79 Å². The van der Waals surface area contributed by atoms with Gasteiger partial charge < -0.3 is 15.0 Å². The SMILES string of the molecule is COc1cccc(C(=O)Nc2ccc(N3CCc4ccccc43)nc2)c1. The minimum atomic E-state index is -0.190. The predicted molar refractivity (Wildman–Crippen MR) is 102 cm³/mol. The Hall–Kier alpha value is -3.34. The summed E-state index contributed by atoms with van der Waals surface area (Å²) in [6, 6.07) is 19.2. The highest BCUT2D eigenvalue weighted by atomic mass is 16.5. The van der Waals surface area contributed by atoms with Gasteiger partial charge >= 0.3 is 0 Å². The number of amides is 1. The van der Waals surface area contributed by atoms with Crippen LogP contribution in [0.25, 0.3) is 0 Å². The van der Waals surface area contributed by atoms with E-state index in [0.29, 0.717) is 17.0 Å². The molecule has 1 N–H and O–H groups in total. The van der Waals surface area contributed by atoms with Gasteiger partial charge in [-0.25, -0.2) is 4.98 Å². The number of fused-ring (bicyclic) bond motifs is 1. The summed E-state index contributed by atoms with van der Waals surface area (Å²) in [5, 5.41) is 2.87. The fraction of sp³-hybridized carbons (Fsp3) is 0.143. The van der Waals surface area contributed by atoms with E-state index < -0.39 is 0 Å². The van der Waals surface area contributed by atoms with Crippen LogP contribution in [-0.4, -0.2) is 24.5 Å². The van der Waals surface area contributed by atoms with Crippen molar-refractivity contribution >= 4 is 23.1 Å². The van der Waals surface area contributed by atoms with E-state index in [2.05, 4.69) is 33.4 Å². The maximum atomic E-state index is 12.4. The van der Waals surface area contributed by atoms with Crippen LogP contribution in [0.5, 0.6) is 5.75 Å². The third kappa shape index (κ3) is 3.11. The number of rotatable bonds is 4. The first-order valence-electron chi connectivity index (χ1n) is 8.51. The van der Waals surface area contributed by atoms with Crippen LogP contribution in [0.2, 0.25) is 0 Å². The van der Waals surface area contributed by atoms with Gasteiger partial charge in [-0.3, -0.25) is 4.79 Å². The Balaban J connectivity index is 1.49. The van der Waals surface area contributed by atoms with Gasteiger partial charge in [-0.2, -0.15) is 0 Å². The number of para-hydroxylation sites is 1. The highest BCUT2D eigenvalue weighted by molar-refractivity contribution is 6.04. The molecule has 0 fully saturated rings. The summed E-state index contributed by atoms with van der Waals surface area (Å²) in [5.74, 6) is 1.35. The number of carbonyl (C=O) groups excluding carboxylic acids is 1. The topological polar surface area (TPSA) is 54.5 Å². The number of pyridine rings is 1. The zero-order chi connectivity index (χ0) is 17.9. The van der Waals surface area contributed by atoms with Gasteiger partial charge in [0.15, 0.2) is 0 Å². The Bertz CT molecular complexity index is 938. The van der Waals surface area contributed by atoms with Gasteiger partial charge in [0, 0.05) is 17.8 Å². The Morgan fingerprint density at radius 2 is 2.00 bits per heavy atom. The van der Waals surface area contributed by atoms with Crippen LogP contribution in [0.3, 0.4) is 0 Å². The molecule has 2 heterocycles. The standard InChI is InChI=1S/C21H19N3O2/c1-26-18-7-4-6-16(13-18)21(25)23-17-9-10-20(22-14-17)24-12-11-15-5-2-3-8-19(15)24/h2-10,13-14H,11-12H2,1H3,(H,23,25). The lowest BCUT2D eigenvalue weighted by Crippen LogP contribution is -2.15. The minimum absolute atomic E-state index is 0.190. The molecule has 1 aromatic heterocycles. The smallest absolute Gasteiger partial charge is 0.255 e. The molecule has 0 spiro atoms. The number of hydrogen-bond acceptors (Lipinski definition) is 4. The number of aromatic nitrogens is 1. The molecule has 0 bridgehead atoms. The van der Waals surface area contributed by atoms with Crippen LogP contribution < -0.4 is 15.0 Å². The average Bonchev–Trinajstić information content (AvgIpc) is 3.13. The van der Waals surface area contributed by atoms with Crippen molar-refractivity contribution in [3.63, 3.8) is 0 Å². The van der Waals surface area contributed by atoms with E-state index >= 15 is 0 Å². The maximum absolute atomic E-state index is 12.4. The van der Waals surface area contributed by atoms with Crippen molar-refractivity contribution in [1.82, 2.24) is 4.98 Å². The zero-order valence-corrected chi connectivity index (χ0v) is 14.5. The van der Waals surface area contributed by atoms with Gasteiger partial charge in [0.2, 0.25) is 0 Å². The summed E-state index contributed by atoms with van der Waals surface area (Å²) >= 11 is 0. The molecule has 4 rings (SSSR count). The van der Waals surface area contributed by atoms with Gasteiger partial charge in [-0.15, -0.1) is 0 Å². The van der Waals surface area contributed by atoms with E-state index in [4.69, 9.17) is 4.74 Å². The Morgan fingerprint density at radius 3 is 2.81 bits per heavy atom. The average molecular weight is 345 g/mol. The molecule has 3 aromatic rings. The highest BCUT2D eigenvalue weighted by Gasteiger charge is 2.20. The molecule has 0 radical (unpaired) electrons. The molecular formula is C21H19N3O2. The molecule has 26 heavy (non-hydrogen) atoms. The fourth-order valence-corrected chi connectivity index (χ4v) is 3.16. The summed E-state index contributed by atoms with van der Waals surface area (Å²) in [4.78, 5) is 19.1. The van der Waals surface area contributed by atoms with Crippen molar-refractivity contribution in [3.05, 3.63) is 78.0 Å². The Kier molecular flexibility index (Phi) is 4.27. The normalized spacial score (nSPS) is 12.6. The summed E-state index contributed by atoms with van der Waals surface area (Å²) < 4.78 is 5.16. The van der Waals surface area contributed by atoms with Crippen LogP contribution >= 0.6 is 0 Å². The van der Waals surface area contributed by atoms with E-state index in [1.165, 1.54) is 11.3 Å². The second kappa shape index (κ2) is 6.88. The van der Waals surface area contributed by atoms with Crippen LogP contribution in [0.1, 0.15) is 15.9 Å². The number of nitrogens with zero attached hydrogens (tertiary/aromatic N) is 2. The van der Waals surface area contributed by atoms with Crippen molar-refractivity contribution in [3.8, 4) is 5.75 Å². The Labute approximate surface area is 152 Å². The molecule has 0 aliphatic carbocycles. The third-order valence-electron chi connectivity index (χ3n) is 4.50. The number of nitrogens with one attached hydrogen (secondary N) is 1. The van der Waals surface area contributed by atoms with Crippen LogP contribution in [0.4, 0.5) is 17.2 Å². The lowest BCUT2D eigenvalue weighted by Gasteiger charge is -2.18. The van der Waals surface area contributed by atoms with Crippen molar-refractivity contribution in [2.45, 2.75) is 6.42 Å². The van der Waals surface area contributed by atoms with Crippen molar-refractivity contribution in [1.29, 1.82) is 0 Å². The van der Waals surface area contributed by atoms with Gasteiger partial charge in [0.1, 0.15) is 11.6 Å². The number of carbonyl (C=O) groups is 1.